The van der Waals surface area contributed by atoms with Crippen LogP contribution in [-0.2, 0) is 4.74 Å². The lowest BCUT2D eigenvalue weighted by atomic mass is 10.1. The number of benzene rings is 1. The van der Waals surface area contributed by atoms with Gasteiger partial charge in [0.2, 0.25) is 0 Å². The van der Waals surface area contributed by atoms with Gasteiger partial charge in [0.1, 0.15) is 6.67 Å². The predicted octanol–water partition coefficient (Wildman–Crippen LogP) is 3.16. The molecule has 0 saturated carbocycles. The van der Waals surface area contributed by atoms with E-state index in [1.165, 1.54) is 6.21 Å². The van der Waals surface area contributed by atoms with E-state index < -0.39 is 6.61 Å². The number of alkyl halides is 2. The van der Waals surface area contributed by atoms with Crippen molar-refractivity contribution >= 4 is 23.5 Å². The van der Waals surface area contributed by atoms with Crippen LogP contribution in [0.1, 0.15) is 11.7 Å². The van der Waals surface area contributed by atoms with Crippen LogP contribution in [-0.4, -0.2) is 49.2 Å². The predicted molar refractivity (Wildman–Crippen MR) is 106 cm³/mol. The van der Waals surface area contributed by atoms with Crippen molar-refractivity contribution in [1.82, 2.24) is 15.3 Å². The normalized spacial score (nSPS) is 19.0. The summed E-state index contributed by atoms with van der Waals surface area (Å²) in [5.41, 5.74) is 1.75. The maximum atomic E-state index is 12.2. The van der Waals surface area contributed by atoms with Gasteiger partial charge in [-0.1, -0.05) is 17.7 Å². The first-order valence-corrected chi connectivity index (χ1v) is 9.51. The second-order valence-corrected chi connectivity index (χ2v) is 6.82. The summed E-state index contributed by atoms with van der Waals surface area (Å²) in [4.78, 5) is 13.8. The summed E-state index contributed by atoms with van der Waals surface area (Å²) >= 11 is 6.51. The van der Waals surface area contributed by atoms with Gasteiger partial charge in [-0.2, -0.15) is 18.7 Å². The van der Waals surface area contributed by atoms with E-state index in [0.29, 0.717) is 24.1 Å². The highest BCUT2D eigenvalue weighted by Crippen LogP contribution is 2.31. The SMILES string of the molecule is FC(F)Oc1cnc(OC2=CN(c3ccc([C@@H]4CNCCO4)cc3Cl)CN=C2)nc1. The lowest BCUT2D eigenvalue weighted by molar-refractivity contribution is -0.0504. The van der Waals surface area contributed by atoms with Crippen molar-refractivity contribution in [2.75, 3.05) is 31.3 Å². The number of rotatable bonds is 6. The molecule has 11 heteroatoms. The first kappa shape index (κ1) is 20.5. The molecule has 4 rings (SSSR count). The van der Waals surface area contributed by atoms with Crippen LogP contribution in [0.4, 0.5) is 14.5 Å². The van der Waals surface area contributed by atoms with Crippen LogP contribution in [0.3, 0.4) is 0 Å². The Hall–Kier alpha value is -2.82. The number of nitrogens with zero attached hydrogens (tertiary/aromatic N) is 4. The number of aliphatic imine (C=N–C) groups is 1. The van der Waals surface area contributed by atoms with Gasteiger partial charge in [0.05, 0.1) is 48.2 Å². The molecule has 2 aliphatic rings. The Labute approximate surface area is 176 Å². The monoisotopic (exact) mass is 437 g/mol. The second kappa shape index (κ2) is 9.33. The maximum absolute atomic E-state index is 12.2. The third kappa shape index (κ3) is 5.02. The van der Waals surface area contributed by atoms with Crippen LogP contribution >= 0.6 is 11.6 Å². The van der Waals surface area contributed by atoms with E-state index in [4.69, 9.17) is 21.1 Å². The molecule has 158 valence electrons. The molecule has 1 saturated heterocycles. The van der Waals surface area contributed by atoms with Crippen LogP contribution in [0, 0.1) is 0 Å². The molecule has 0 unspecified atom stereocenters. The van der Waals surface area contributed by atoms with E-state index in [-0.39, 0.29) is 17.9 Å². The zero-order valence-electron chi connectivity index (χ0n) is 15.7. The van der Waals surface area contributed by atoms with Gasteiger partial charge in [0, 0.05) is 13.1 Å². The summed E-state index contributed by atoms with van der Waals surface area (Å²) in [6.07, 6.45) is 5.40. The van der Waals surface area contributed by atoms with Gasteiger partial charge in [-0.3, -0.25) is 4.99 Å². The van der Waals surface area contributed by atoms with E-state index in [1.54, 1.807) is 6.20 Å². The quantitative estimate of drug-likeness (QED) is 0.743. The Balaban J connectivity index is 1.45. The number of morpholine rings is 1. The Kier molecular flexibility index (Phi) is 6.36. The molecule has 1 fully saturated rings. The molecular weight excluding hydrogens is 420 g/mol. The average Bonchev–Trinajstić information content (AvgIpc) is 2.75. The highest BCUT2D eigenvalue weighted by atomic mass is 35.5. The lowest BCUT2D eigenvalue weighted by Gasteiger charge is -2.26. The third-order valence-corrected chi connectivity index (χ3v) is 4.66. The van der Waals surface area contributed by atoms with Crippen molar-refractivity contribution in [1.29, 1.82) is 0 Å². The van der Waals surface area contributed by atoms with Crippen molar-refractivity contribution < 1.29 is 23.0 Å². The van der Waals surface area contributed by atoms with Gasteiger partial charge in [0.25, 0.3) is 0 Å². The summed E-state index contributed by atoms with van der Waals surface area (Å²) in [7, 11) is 0. The molecule has 0 spiro atoms. The minimum atomic E-state index is -2.95. The number of hydrogen-bond donors (Lipinski definition) is 1. The Morgan fingerprint density at radius 3 is 2.80 bits per heavy atom. The van der Waals surface area contributed by atoms with E-state index >= 15 is 0 Å². The smallest absolute Gasteiger partial charge is 0.387 e. The minimum Gasteiger partial charge on any atom is -0.432 e. The molecule has 2 aliphatic heterocycles. The number of allylic oxidation sites excluding steroid dienone is 1. The molecule has 1 N–H and O–H groups in total. The van der Waals surface area contributed by atoms with E-state index in [1.807, 2.05) is 23.1 Å². The van der Waals surface area contributed by atoms with Crippen molar-refractivity contribution in [2.24, 2.45) is 4.99 Å². The van der Waals surface area contributed by atoms with Gasteiger partial charge in [-0.05, 0) is 17.7 Å². The van der Waals surface area contributed by atoms with E-state index in [9.17, 15) is 8.78 Å². The second-order valence-electron chi connectivity index (χ2n) is 6.41. The molecular formula is C19H18ClF2N5O3. The number of hydrogen-bond acceptors (Lipinski definition) is 8. The first-order chi connectivity index (χ1) is 14.6. The molecule has 0 aliphatic carbocycles. The van der Waals surface area contributed by atoms with Gasteiger partial charge >= 0.3 is 12.6 Å². The third-order valence-electron chi connectivity index (χ3n) is 4.35. The molecule has 1 aromatic heterocycles. The van der Waals surface area contributed by atoms with Crippen molar-refractivity contribution in [3.63, 3.8) is 0 Å². The average molecular weight is 438 g/mol. The Morgan fingerprint density at radius 1 is 1.27 bits per heavy atom. The fraction of sp³-hybridized carbons (Fsp3) is 0.316. The topological polar surface area (TPSA) is 81.1 Å². The van der Waals surface area contributed by atoms with Gasteiger partial charge in [0.15, 0.2) is 11.5 Å². The summed E-state index contributed by atoms with van der Waals surface area (Å²) in [5, 5.41) is 3.85. The number of halogens is 3. The van der Waals surface area contributed by atoms with Crippen molar-refractivity contribution in [3.05, 3.63) is 53.1 Å². The molecule has 0 radical (unpaired) electrons. The molecule has 1 atom stereocenters. The molecule has 8 nitrogen and oxygen atoms in total. The number of anilines is 1. The molecule has 30 heavy (non-hydrogen) atoms. The minimum absolute atomic E-state index is 0.0282. The fourth-order valence-electron chi connectivity index (χ4n) is 3.01. The molecule has 3 heterocycles. The molecule has 1 aromatic carbocycles. The molecule has 2 aromatic rings. The van der Waals surface area contributed by atoms with Crippen molar-refractivity contribution in [3.8, 4) is 11.8 Å². The summed E-state index contributed by atoms with van der Waals surface area (Å²) < 4.78 is 39.9. The van der Waals surface area contributed by atoms with Gasteiger partial charge in [-0.15, -0.1) is 0 Å². The number of nitrogens with one attached hydrogen (secondary N) is 1. The van der Waals surface area contributed by atoms with Crippen LogP contribution in [0.15, 0.2) is 47.5 Å². The van der Waals surface area contributed by atoms with Gasteiger partial charge < -0.3 is 24.4 Å². The summed E-state index contributed by atoms with van der Waals surface area (Å²) in [6, 6.07) is 5.72. The number of aromatic nitrogens is 2. The van der Waals surface area contributed by atoms with E-state index in [2.05, 4.69) is 25.0 Å². The Bertz CT molecular complexity index is 936. The molecule has 0 bridgehead atoms. The largest absolute Gasteiger partial charge is 0.432 e. The summed E-state index contributed by atoms with van der Waals surface area (Å²) in [6.45, 7) is -0.351. The zero-order chi connectivity index (χ0) is 20.9. The van der Waals surface area contributed by atoms with E-state index in [0.717, 1.165) is 36.7 Å². The number of ether oxygens (including phenoxy) is 3. The van der Waals surface area contributed by atoms with Crippen LogP contribution in [0.2, 0.25) is 5.02 Å². The highest BCUT2D eigenvalue weighted by Gasteiger charge is 2.19. The zero-order valence-corrected chi connectivity index (χ0v) is 16.4. The van der Waals surface area contributed by atoms with Crippen molar-refractivity contribution in [2.45, 2.75) is 12.7 Å². The lowest BCUT2D eigenvalue weighted by Crippen LogP contribution is -2.33. The van der Waals surface area contributed by atoms with Crippen LogP contribution in [0.25, 0.3) is 0 Å². The Morgan fingerprint density at radius 2 is 2.10 bits per heavy atom. The standard InChI is InChI=1S/C19H18ClF2N5O3/c20-15-5-12(17-9-23-3-4-28-17)1-2-16(15)27-10-14(6-24-11-27)30-19-25-7-13(8-26-19)29-18(21)22/h1-2,5-8,10,17-18,23H,3-4,9,11H2/t17-/m0/s1. The molecule has 0 amide bonds. The van der Waals surface area contributed by atoms with Gasteiger partial charge in [-0.25, -0.2) is 0 Å². The highest BCUT2D eigenvalue weighted by molar-refractivity contribution is 6.33. The first-order valence-electron chi connectivity index (χ1n) is 9.13. The van der Waals surface area contributed by atoms with Crippen LogP contribution in [0.5, 0.6) is 11.8 Å². The maximum Gasteiger partial charge on any atom is 0.387 e. The summed E-state index contributed by atoms with van der Waals surface area (Å²) in [5.74, 6) is 0.206. The van der Waals surface area contributed by atoms with Crippen LogP contribution < -0.4 is 19.7 Å². The fourth-order valence-corrected chi connectivity index (χ4v) is 3.30.